The number of hydrogen-bond acceptors (Lipinski definition) is 2. The third-order valence-electron chi connectivity index (χ3n) is 7.02. The zero-order valence-corrected chi connectivity index (χ0v) is 19.7. The molecule has 1 fully saturated rings. The summed E-state index contributed by atoms with van der Waals surface area (Å²) in [5.74, 6) is 1.50. The highest BCUT2D eigenvalue weighted by atomic mass is 19.1. The van der Waals surface area contributed by atoms with Crippen molar-refractivity contribution in [1.29, 1.82) is 0 Å². The van der Waals surface area contributed by atoms with E-state index < -0.39 is 0 Å². The number of unbranched alkanes of at least 4 members (excludes halogenated alkanes) is 6. The highest BCUT2D eigenvalue weighted by molar-refractivity contribution is 5.62. The van der Waals surface area contributed by atoms with Gasteiger partial charge in [0, 0.05) is 12.1 Å². The van der Waals surface area contributed by atoms with Crippen LogP contribution in [0.3, 0.4) is 0 Å². The Kier molecular flexibility index (Phi) is 9.96. The van der Waals surface area contributed by atoms with Crippen LogP contribution >= 0.6 is 0 Å². The second kappa shape index (κ2) is 12.9. The number of halogens is 1. The van der Waals surface area contributed by atoms with Gasteiger partial charge in [-0.3, -0.25) is 0 Å². The molecule has 0 amide bonds. The molecule has 2 nitrogen and oxygen atoms in total. The molecular formula is C28H41FN2. The Morgan fingerprint density at radius 2 is 1.52 bits per heavy atom. The lowest BCUT2D eigenvalue weighted by molar-refractivity contribution is 0.296. The zero-order valence-electron chi connectivity index (χ0n) is 19.7. The molecule has 170 valence electrons. The lowest BCUT2D eigenvalue weighted by Gasteiger charge is -2.27. The summed E-state index contributed by atoms with van der Waals surface area (Å²) in [6.45, 7) is 4.50. The Labute approximate surface area is 189 Å². The van der Waals surface area contributed by atoms with Gasteiger partial charge in [-0.2, -0.15) is 4.39 Å². The maximum atomic E-state index is 14.8. The Morgan fingerprint density at radius 1 is 0.839 bits per heavy atom. The van der Waals surface area contributed by atoms with Gasteiger partial charge in [-0.15, -0.1) is 0 Å². The molecule has 1 aliphatic rings. The molecule has 0 bridgehead atoms. The highest BCUT2D eigenvalue weighted by Gasteiger charge is 2.24. The average molecular weight is 425 g/mol. The number of benzene rings is 1. The van der Waals surface area contributed by atoms with Crippen molar-refractivity contribution in [3.63, 3.8) is 0 Å². The molecule has 1 saturated carbocycles. The molecule has 1 aromatic heterocycles. The Bertz CT molecular complexity index is 763. The van der Waals surface area contributed by atoms with Crippen LogP contribution in [-0.4, -0.2) is 9.97 Å². The molecule has 3 rings (SSSR count). The fourth-order valence-corrected chi connectivity index (χ4v) is 4.94. The largest absolute Gasteiger partial charge is 0.240 e. The quantitative estimate of drug-likeness (QED) is 0.252. The van der Waals surface area contributed by atoms with Crippen LogP contribution < -0.4 is 0 Å². The lowest BCUT2D eigenvalue weighted by atomic mass is 9.79. The smallest absolute Gasteiger partial charge is 0.224 e. The predicted molar refractivity (Wildman–Crippen MR) is 129 cm³/mol. The van der Waals surface area contributed by atoms with Gasteiger partial charge in [0.05, 0.1) is 5.56 Å². The molecule has 0 saturated heterocycles. The summed E-state index contributed by atoms with van der Waals surface area (Å²) in [4.78, 5) is 8.89. The van der Waals surface area contributed by atoms with E-state index >= 15 is 0 Å². The standard InChI is InChI=1S/C28H41FN2/c1-3-5-7-8-10-12-23-13-17-24(18-14-23)26-21-30-28(31-27(26)29)25-19-15-22(16-20-25)11-9-6-4-2/h13-14,17-18,21-22,25H,3-12,15-16,19-20H2,1-2H3/t22-,25-. The SMILES string of the molecule is CCCCCCCc1ccc(-c2cnc([C@H]3CC[C@H](CCCCC)CC3)nc2F)cc1. The molecule has 1 heterocycles. The van der Waals surface area contributed by atoms with Crippen molar-refractivity contribution in [3.05, 3.63) is 47.8 Å². The minimum absolute atomic E-state index is 0.320. The fraction of sp³-hybridized carbons (Fsp3) is 0.643. The van der Waals surface area contributed by atoms with Crippen molar-refractivity contribution in [1.82, 2.24) is 9.97 Å². The first-order valence-electron chi connectivity index (χ1n) is 12.8. The van der Waals surface area contributed by atoms with Gasteiger partial charge in [0.2, 0.25) is 5.95 Å². The minimum Gasteiger partial charge on any atom is -0.240 e. The first-order chi connectivity index (χ1) is 15.2. The number of hydrogen-bond donors (Lipinski definition) is 0. The average Bonchev–Trinajstić information content (AvgIpc) is 2.80. The predicted octanol–water partition coefficient (Wildman–Crippen LogP) is 8.65. The molecule has 0 atom stereocenters. The van der Waals surface area contributed by atoms with Gasteiger partial charge in [-0.1, -0.05) is 89.5 Å². The molecular weight excluding hydrogens is 383 g/mol. The van der Waals surface area contributed by atoms with Crippen LogP contribution in [0.4, 0.5) is 4.39 Å². The Balaban J connectivity index is 1.52. The fourth-order valence-electron chi connectivity index (χ4n) is 4.94. The second-order valence-corrected chi connectivity index (χ2v) is 9.51. The molecule has 0 aliphatic heterocycles. The third kappa shape index (κ3) is 7.40. The van der Waals surface area contributed by atoms with E-state index in [2.05, 4.69) is 35.9 Å². The molecule has 0 N–H and O–H groups in total. The molecule has 31 heavy (non-hydrogen) atoms. The number of aromatic nitrogens is 2. The summed E-state index contributed by atoms with van der Waals surface area (Å²) in [7, 11) is 0. The van der Waals surface area contributed by atoms with E-state index in [0.29, 0.717) is 17.3 Å². The zero-order chi connectivity index (χ0) is 21.9. The van der Waals surface area contributed by atoms with Crippen LogP contribution in [0.1, 0.15) is 115 Å². The normalized spacial score (nSPS) is 18.9. The van der Waals surface area contributed by atoms with Gasteiger partial charge < -0.3 is 0 Å². The minimum atomic E-state index is -0.373. The topological polar surface area (TPSA) is 25.8 Å². The van der Waals surface area contributed by atoms with Crippen molar-refractivity contribution in [2.24, 2.45) is 5.92 Å². The van der Waals surface area contributed by atoms with E-state index in [-0.39, 0.29) is 5.95 Å². The molecule has 0 unspecified atom stereocenters. The summed E-state index contributed by atoms with van der Waals surface area (Å²) in [5, 5.41) is 0. The van der Waals surface area contributed by atoms with Crippen LogP contribution in [0.2, 0.25) is 0 Å². The van der Waals surface area contributed by atoms with Crippen LogP contribution in [0.5, 0.6) is 0 Å². The van der Waals surface area contributed by atoms with E-state index in [1.54, 1.807) is 6.20 Å². The molecule has 3 heteroatoms. The van der Waals surface area contributed by atoms with Crippen molar-refractivity contribution in [3.8, 4) is 11.1 Å². The molecule has 0 radical (unpaired) electrons. The third-order valence-corrected chi connectivity index (χ3v) is 7.02. The van der Waals surface area contributed by atoms with Crippen LogP contribution in [-0.2, 0) is 6.42 Å². The van der Waals surface area contributed by atoms with Crippen molar-refractivity contribution in [2.75, 3.05) is 0 Å². The maximum Gasteiger partial charge on any atom is 0.224 e. The van der Waals surface area contributed by atoms with E-state index in [1.807, 2.05) is 12.1 Å². The molecule has 1 aliphatic carbocycles. The number of rotatable bonds is 12. The Morgan fingerprint density at radius 3 is 2.19 bits per heavy atom. The summed E-state index contributed by atoms with van der Waals surface area (Å²) in [6.07, 6.45) is 19.3. The van der Waals surface area contributed by atoms with Gasteiger partial charge in [0.15, 0.2) is 0 Å². The Hall–Kier alpha value is -1.77. The molecule has 1 aromatic carbocycles. The van der Waals surface area contributed by atoms with Crippen LogP contribution in [0.15, 0.2) is 30.5 Å². The first-order valence-corrected chi connectivity index (χ1v) is 12.8. The van der Waals surface area contributed by atoms with Crippen molar-refractivity contribution >= 4 is 0 Å². The maximum absolute atomic E-state index is 14.8. The second-order valence-electron chi connectivity index (χ2n) is 9.51. The van der Waals surface area contributed by atoms with Gasteiger partial charge in [0.1, 0.15) is 5.82 Å². The molecule has 2 aromatic rings. The summed E-state index contributed by atoms with van der Waals surface area (Å²) < 4.78 is 14.8. The lowest BCUT2D eigenvalue weighted by Crippen LogP contribution is -2.16. The van der Waals surface area contributed by atoms with E-state index in [0.717, 1.165) is 30.7 Å². The first kappa shape index (κ1) is 23.9. The summed E-state index contributed by atoms with van der Waals surface area (Å²) in [6, 6.07) is 8.29. The van der Waals surface area contributed by atoms with Crippen LogP contribution in [0.25, 0.3) is 11.1 Å². The van der Waals surface area contributed by atoms with E-state index in [1.165, 1.54) is 76.2 Å². The van der Waals surface area contributed by atoms with Crippen molar-refractivity contribution < 1.29 is 4.39 Å². The molecule has 0 spiro atoms. The van der Waals surface area contributed by atoms with Gasteiger partial charge in [-0.05, 0) is 55.6 Å². The van der Waals surface area contributed by atoms with Crippen molar-refractivity contribution in [2.45, 2.75) is 110 Å². The van der Waals surface area contributed by atoms with E-state index in [9.17, 15) is 4.39 Å². The summed E-state index contributed by atoms with van der Waals surface area (Å²) >= 11 is 0. The van der Waals surface area contributed by atoms with Gasteiger partial charge >= 0.3 is 0 Å². The number of aryl methyl sites for hydroxylation is 1. The van der Waals surface area contributed by atoms with Gasteiger partial charge in [0.25, 0.3) is 0 Å². The monoisotopic (exact) mass is 424 g/mol. The van der Waals surface area contributed by atoms with E-state index in [4.69, 9.17) is 0 Å². The summed E-state index contributed by atoms with van der Waals surface area (Å²) in [5.41, 5.74) is 2.72. The highest BCUT2D eigenvalue weighted by Crippen LogP contribution is 2.37. The number of nitrogens with zero attached hydrogens (tertiary/aromatic N) is 2. The van der Waals surface area contributed by atoms with Crippen LogP contribution in [0, 0.1) is 11.9 Å². The van der Waals surface area contributed by atoms with Gasteiger partial charge in [-0.25, -0.2) is 9.97 Å².